The fraction of sp³-hybridized carbons (Fsp3) is 0.417. The van der Waals surface area contributed by atoms with Crippen LogP contribution in [-0.4, -0.2) is 27.2 Å². The van der Waals surface area contributed by atoms with Gasteiger partial charge in [0.2, 0.25) is 10.0 Å². The van der Waals surface area contributed by atoms with Gasteiger partial charge in [-0.2, -0.15) is 0 Å². The molecule has 106 valence electrons. The summed E-state index contributed by atoms with van der Waals surface area (Å²) in [6.45, 7) is 1.70. The van der Waals surface area contributed by atoms with Crippen LogP contribution >= 0.6 is 0 Å². The highest BCUT2D eigenvalue weighted by atomic mass is 32.2. The first-order valence-corrected chi connectivity index (χ1v) is 7.42. The highest BCUT2D eigenvalue weighted by Gasteiger charge is 2.18. The molecule has 1 unspecified atom stereocenters. The number of anilines is 1. The van der Waals surface area contributed by atoms with Crippen LogP contribution in [0.15, 0.2) is 24.3 Å². The van der Waals surface area contributed by atoms with E-state index < -0.39 is 22.0 Å². The van der Waals surface area contributed by atoms with E-state index >= 15 is 0 Å². The number of methoxy groups -OCH3 is 1. The second kappa shape index (κ2) is 6.53. The Balaban J connectivity index is 2.68. The van der Waals surface area contributed by atoms with Crippen molar-refractivity contribution < 1.29 is 17.9 Å². The number of esters is 1. The second-order valence-corrected chi connectivity index (χ2v) is 5.99. The lowest BCUT2D eigenvalue weighted by Gasteiger charge is -2.16. The minimum absolute atomic E-state index is 0.178. The SMILES string of the molecule is COC(=O)CCS(=O)(=O)NC(C)c1ccccc1N. The molecule has 1 atom stereocenters. The summed E-state index contributed by atoms with van der Waals surface area (Å²) in [6, 6.07) is 6.56. The molecule has 6 nitrogen and oxygen atoms in total. The fourth-order valence-electron chi connectivity index (χ4n) is 1.62. The Morgan fingerprint density at radius 2 is 2.05 bits per heavy atom. The van der Waals surface area contributed by atoms with Crippen molar-refractivity contribution in [1.29, 1.82) is 0 Å². The molecular formula is C12H18N2O4S. The molecule has 1 aromatic carbocycles. The summed E-state index contributed by atoms with van der Waals surface area (Å²) in [4.78, 5) is 10.9. The molecule has 0 saturated heterocycles. The predicted octanol–water partition coefficient (Wildman–Crippen LogP) is 0.812. The molecule has 0 aliphatic carbocycles. The summed E-state index contributed by atoms with van der Waals surface area (Å²) in [7, 11) is -2.34. The van der Waals surface area contributed by atoms with E-state index in [9.17, 15) is 13.2 Å². The zero-order chi connectivity index (χ0) is 14.5. The topological polar surface area (TPSA) is 98.5 Å². The minimum atomic E-state index is -3.56. The number of ether oxygens (including phenoxy) is 1. The normalized spacial score (nSPS) is 12.9. The van der Waals surface area contributed by atoms with Gasteiger partial charge < -0.3 is 10.5 Å². The van der Waals surface area contributed by atoms with E-state index in [0.717, 1.165) is 0 Å². The van der Waals surface area contributed by atoms with Crippen LogP contribution in [0.2, 0.25) is 0 Å². The van der Waals surface area contributed by atoms with Gasteiger partial charge in [0.15, 0.2) is 0 Å². The van der Waals surface area contributed by atoms with Crippen molar-refractivity contribution in [2.75, 3.05) is 18.6 Å². The van der Waals surface area contributed by atoms with Crippen molar-refractivity contribution in [1.82, 2.24) is 4.72 Å². The number of carbonyl (C=O) groups excluding carboxylic acids is 1. The van der Waals surface area contributed by atoms with E-state index in [0.29, 0.717) is 11.3 Å². The number of carbonyl (C=O) groups is 1. The van der Waals surface area contributed by atoms with E-state index in [1.807, 2.05) is 0 Å². The number of rotatable bonds is 6. The Bertz CT molecular complexity index is 542. The minimum Gasteiger partial charge on any atom is -0.469 e. The maximum absolute atomic E-state index is 11.8. The van der Waals surface area contributed by atoms with Gasteiger partial charge in [0.05, 0.1) is 19.3 Å². The molecule has 0 fully saturated rings. The molecule has 0 radical (unpaired) electrons. The fourth-order valence-corrected chi connectivity index (χ4v) is 2.84. The van der Waals surface area contributed by atoms with Gasteiger partial charge in [0.25, 0.3) is 0 Å². The van der Waals surface area contributed by atoms with Gasteiger partial charge in [-0.25, -0.2) is 13.1 Å². The Kier molecular flexibility index (Phi) is 5.31. The molecule has 0 aromatic heterocycles. The smallest absolute Gasteiger partial charge is 0.306 e. The Hall–Kier alpha value is -1.60. The summed E-state index contributed by atoms with van der Waals surface area (Å²) in [6.07, 6.45) is -0.178. The number of benzene rings is 1. The number of para-hydroxylation sites is 1. The van der Waals surface area contributed by atoms with Gasteiger partial charge >= 0.3 is 5.97 Å². The molecule has 0 spiro atoms. The summed E-state index contributed by atoms with van der Waals surface area (Å²) in [5.41, 5.74) is 6.99. The lowest BCUT2D eigenvalue weighted by Crippen LogP contribution is -2.30. The maximum atomic E-state index is 11.8. The van der Waals surface area contributed by atoms with Crippen LogP contribution in [0.25, 0.3) is 0 Å². The van der Waals surface area contributed by atoms with Crippen LogP contribution in [0, 0.1) is 0 Å². The average molecular weight is 286 g/mol. The van der Waals surface area contributed by atoms with Crippen LogP contribution < -0.4 is 10.5 Å². The summed E-state index contributed by atoms with van der Waals surface area (Å²) >= 11 is 0. The Labute approximate surface area is 113 Å². The van der Waals surface area contributed by atoms with Crippen molar-refractivity contribution in [2.24, 2.45) is 0 Å². The van der Waals surface area contributed by atoms with Gasteiger partial charge in [-0.1, -0.05) is 18.2 Å². The summed E-state index contributed by atoms with van der Waals surface area (Å²) < 4.78 is 30.5. The molecule has 0 aliphatic rings. The molecular weight excluding hydrogens is 268 g/mol. The van der Waals surface area contributed by atoms with Crippen LogP contribution in [0.1, 0.15) is 24.9 Å². The molecule has 0 saturated carbocycles. The Morgan fingerprint density at radius 1 is 1.42 bits per heavy atom. The van der Waals surface area contributed by atoms with E-state index in [1.54, 1.807) is 31.2 Å². The number of hydrogen-bond acceptors (Lipinski definition) is 5. The van der Waals surface area contributed by atoms with Crippen molar-refractivity contribution in [3.8, 4) is 0 Å². The lowest BCUT2D eigenvalue weighted by molar-refractivity contribution is -0.140. The van der Waals surface area contributed by atoms with Gasteiger partial charge in [-0.3, -0.25) is 4.79 Å². The van der Waals surface area contributed by atoms with Crippen LogP contribution in [0.4, 0.5) is 5.69 Å². The molecule has 0 bridgehead atoms. The zero-order valence-corrected chi connectivity index (χ0v) is 11.7. The van der Waals surface area contributed by atoms with Gasteiger partial charge in [0, 0.05) is 11.7 Å². The van der Waals surface area contributed by atoms with E-state index in [4.69, 9.17) is 5.73 Å². The van der Waals surface area contributed by atoms with Crippen LogP contribution in [0.5, 0.6) is 0 Å². The number of hydrogen-bond donors (Lipinski definition) is 2. The first-order chi connectivity index (χ1) is 8.85. The Morgan fingerprint density at radius 3 is 2.63 bits per heavy atom. The van der Waals surface area contributed by atoms with Gasteiger partial charge in [0.1, 0.15) is 0 Å². The molecule has 1 rings (SSSR count). The summed E-state index contributed by atoms with van der Waals surface area (Å²) in [5, 5.41) is 0. The molecule has 1 aromatic rings. The van der Waals surface area contributed by atoms with E-state index in [1.165, 1.54) is 7.11 Å². The number of sulfonamides is 1. The third kappa shape index (κ3) is 4.88. The van der Waals surface area contributed by atoms with E-state index in [2.05, 4.69) is 9.46 Å². The summed E-state index contributed by atoms with van der Waals surface area (Å²) in [5.74, 6) is -0.867. The zero-order valence-electron chi connectivity index (χ0n) is 10.9. The van der Waals surface area contributed by atoms with Gasteiger partial charge in [-0.15, -0.1) is 0 Å². The number of nitrogens with one attached hydrogen (secondary N) is 1. The standard InChI is InChI=1S/C12H18N2O4S/c1-9(10-5-3-4-6-11(10)13)14-19(16,17)8-7-12(15)18-2/h3-6,9,14H,7-8,13H2,1-2H3. The maximum Gasteiger partial charge on any atom is 0.306 e. The molecule has 19 heavy (non-hydrogen) atoms. The highest BCUT2D eigenvalue weighted by Crippen LogP contribution is 2.20. The highest BCUT2D eigenvalue weighted by molar-refractivity contribution is 7.89. The van der Waals surface area contributed by atoms with Gasteiger partial charge in [-0.05, 0) is 18.6 Å². The monoisotopic (exact) mass is 286 g/mol. The molecule has 7 heteroatoms. The third-order valence-corrected chi connectivity index (χ3v) is 4.08. The predicted molar refractivity (Wildman–Crippen MR) is 72.8 cm³/mol. The lowest BCUT2D eigenvalue weighted by atomic mass is 10.1. The van der Waals surface area contributed by atoms with Crippen molar-refractivity contribution in [2.45, 2.75) is 19.4 Å². The van der Waals surface area contributed by atoms with Crippen LogP contribution in [-0.2, 0) is 19.6 Å². The first-order valence-electron chi connectivity index (χ1n) is 5.77. The number of nitrogen functional groups attached to an aromatic ring is 1. The second-order valence-electron chi connectivity index (χ2n) is 4.11. The van der Waals surface area contributed by atoms with Crippen molar-refractivity contribution >= 4 is 21.7 Å². The van der Waals surface area contributed by atoms with E-state index in [-0.39, 0.29) is 12.2 Å². The molecule has 0 amide bonds. The molecule has 0 heterocycles. The van der Waals surface area contributed by atoms with Crippen LogP contribution in [0.3, 0.4) is 0 Å². The third-order valence-electron chi connectivity index (χ3n) is 2.62. The number of nitrogens with two attached hydrogens (primary N) is 1. The van der Waals surface area contributed by atoms with Crippen molar-refractivity contribution in [3.63, 3.8) is 0 Å². The first kappa shape index (κ1) is 15.5. The average Bonchev–Trinajstić information content (AvgIpc) is 2.36. The molecule has 3 N–H and O–H groups in total. The largest absolute Gasteiger partial charge is 0.469 e. The van der Waals surface area contributed by atoms with Crippen molar-refractivity contribution in [3.05, 3.63) is 29.8 Å². The quantitative estimate of drug-likeness (QED) is 0.595. The molecule has 0 aliphatic heterocycles.